The maximum absolute atomic E-state index is 12.2. The normalized spacial score (nSPS) is 10.5. The summed E-state index contributed by atoms with van der Waals surface area (Å²) in [5.41, 5.74) is 8.02. The molecular weight excluding hydrogens is 238 g/mol. The number of carbonyl (C=O) groups is 1. The molecule has 0 spiro atoms. The Kier molecular flexibility index (Phi) is 2.68. The zero-order valence-corrected chi connectivity index (χ0v) is 10.2. The molecule has 0 fully saturated rings. The van der Waals surface area contributed by atoms with Crippen molar-refractivity contribution >= 4 is 28.3 Å². The van der Waals surface area contributed by atoms with Crippen molar-refractivity contribution in [3.63, 3.8) is 0 Å². The van der Waals surface area contributed by atoms with E-state index in [-0.39, 0.29) is 6.03 Å². The van der Waals surface area contributed by atoms with E-state index in [9.17, 15) is 4.79 Å². The molecule has 4 heteroatoms. The van der Waals surface area contributed by atoms with E-state index >= 15 is 0 Å². The molecule has 1 aromatic heterocycles. The zero-order chi connectivity index (χ0) is 13.2. The lowest BCUT2D eigenvalue weighted by atomic mass is 10.2. The second-order valence-corrected chi connectivity index (χ2v) is 4.30. The Hall–Kier alpha value is -2.75. The van der Waals surface area contributed by atoms with Gasteiger partial charge in [-0.1, -0.05) is 18.2 Å². The summed E-state index contributed by atoms with van der Waals surface area (Å²) in [6.45, 7) is 0. The van der Waals surface area contributed by atoms with Gasteiger partial charge in [0.1, 0.15) is 0 Å². The van der Waals surface area contributed by atoms with Crippen LogP contribution in [0.25, 0.3) is 10.9 Å². The average Bonchev–Trinajstić information content (AvgIpc) is 2.82. The third-order valence-corrected chi connectivity index (χ3v) is 2.96. The van der Waals surface area contributed by atoms with Crippen LogP contribution in [-0.4, -0.2) is 10.6 Å². The number of hydrogen-bond acceptors (Lipinski definition) is 2. The van der Waals surface area contributed by atoms with Crippen molar-refractivity contribution in [2.24, 2.45) is 0 Å². The first kappa shape index (κ1) is 11.3. The van der Waals surface area contributed by atoms with Crippen LogP contribution in [0.15, 0.2) is 60.8 Å². The number of para-hydroxylation sites is 1. The summed E-state index contributed by atoms with van der Waals surface area (Å²) in [6, 6.07) is 16.5. The van der Waals surface area contributed by atoms with Crippen LogP contribution in [0.2, 0.25) is 0 Å². The van der Waals surface area contributed by atoms with Gasteiger partial charge in [0.15, 0.2) is 0 Å². The summed E-state index contributed by atoms with van der Waals surface area (Å²) in [7, 11) is 0. The van der Waals surface area contributed by atoms with Gasteiger partial charge in [0.25, 0.3) is 0 Å². The van der Waals surface area contributed by atoms with Gasteiger partial charge in [-0.05, 0) is 36.4 Å². The molecule has 0 bridgehead atoms. The molecule has 0 radical (unpaired) electrons. The Morgan fingerprint density at radius 1 is 1.05 bits per heavy atom. The van der Waals surface area contributed by atoms with Crippen molar-refractivity contribution in [3.05, 3.63) is 60.8 Å². The Balaban J connectivity index is 1.94. The number of benzene rings is 2. The largest absolute Gasteiger partial charge is 0.399 e. The highest BCUT2D eigenvalue weighted by atomic mass is 16.2. The van der Waals surface area contributed by atoms with Crippen LogP contribution in [0.3, 0.4) is 0 Å². The third kappa shape index (κ3) is 2.15. The number of fused-ring (bicyclic) bond motifs is 1. The Bertz CT molecular complexity index is 731. The first-order valence-electron chi connectivity index (χ1n) is 5.97. The highest BCUT2D eigenvalue weighted by Crippen LogP contribution is 2.19. The fourth-order valence-corrected chi connectivity index (χ4v) is 2.04. The zero-order valence-electron chi connectivity index (χ0n) is 10.2. The van der Waals surface area contributed by atoms with E-state index in [1.165, 1.54) is 0 Å². The van der Waals surface area contributed by atoms with E-state index in [0.717, 1.165) is 16.6 Å². The molecule has 19 heavy (non-hydrogen) atoms. The van der Waals surface area contributed by atoms with Gasteiger partial charge in [0, 0.05) is 23.0 Å². The van der Waals surface area contributed by atoms with Crippen LogP contribution in [-0.2, 0) is 0 Å². The summed E-state index contributed by atoms with van der Waals surface area (Å²) in [5.74, 6) is 0. The molecule has 4 nitrogen and oxygen atoms in total. The van der Waals surface area contributed by atoms with E-state index < -0.39 is 0 Å². The highest BCUT2D eigenvalue weighted by Gasteiger charge is 2.08. The number of aromatic nitrogens is 1. The van der Waals surface area contributed by atoms with E-state index in [4.69, 9.17) is 5.73 Å². The Morgan fingerprint density at radius 3 is 2.63 bits per heavy atom. The van der Waals surface area contributed by atoms with Crippen LogP contribution in [0.5, 0.6) is 0 Å². The molecule has 0 atom stereocenters. The molecule has 0 aliphatic heterocycles. The topological polar surface area (TPSA) is 60.0 Å². The lowest BCUT2D eigenvalue weighted by molar-refractivity contribution is 0.254. The molecule has 3 rings (SSSR count). The summed E-state index contributed by atoms with van der Waals surface area (Å²) in [5, 5.41) is 3.79. The van der Waals surface area contributed by atoms with Crippen LogP contribution in [0.4, 0.5) is 16.2 Å². The number of nitrogens with two attached hydrogens (primary N) is 1. The van der Waals surface area contributed by atoms with Crippen molar-refractivity contribution in [3.8, 4) is 0 Å². The molecule has 3 aromatic rings. The number of carbonyl (C=O) groups excluding carboxylic acids is 1. The molecule has 0 aliphatic carbocycles. The number of nitrogens with one attached hydrogen (secondary N) is 1. The van der Waals surface area contributed by atoms with Gasteiger partial charge in [-0.3, -0.25) is 4.57 Å². The fraction of sp³-hybridized carbons (Fsp3) is 0. The molecule has 0 saturated heterocycles. The first-order valence-corrected chi connectivity index (χ1v) is 5.97. The number of rotatable bonds is 1. The van der Waals surface area contributed by atoms with Gasteiger partial charge < -0.3 is 11.1 Å². The maximum atomic E-state index is 12.2. The molecule has 2 aromatic carbocycles. The lowest BCUT2D eigenvalue weighted by Crippen LogP contribution is -2.18. The molecule has 1 amide bonds. The average molecular weight is 251 g/mol. The number of hydrogen-bond donors (Lipinski definition) is 2. The Labute approximate surface area is 110 Å². The molecule has 0 saturated carbocycles. The number of nitrogen functional groups attached to an aromatic ring is 1. The monoisotopic (exact) mass is 251 g/mol. The minimum atomic E-state index is -0.189. The predicted octanol–water partition coefficient (Wildman–Crippen LogP) is 3.30. The highest BCUT2D eigenvalue weighted by molar-refractivity contribution is 5.99. The Morgan fingerprint density at radius 2 is 1.84 bits per heavy atom. The SMILES string of the molecule is Nc1ccc2c(ccn2C(=O)Nc2ccccc2)c1. The van der Waals surface area contributed by atoms with Crippen LogP contribution in [0, 0.1) is 0 Å². The van der Waals surface area contributed by atoms with Crippen LogP contribution >= 0.6 is 0 Å². The van der Waals surface area contributed by atoms with Gasteiger partial charge in [-0.2, -0.15) is 0 Å². The number of anilines is 2. The van der Waals surface area contributed by atoms with Gasteiger partial charge in [0.05, 0.1) is 5.52 Å². The van der Waals surface area contributed by atoms with Crippen LogP contribution < -0.4 is 11.1 Å². The molecule has 1 heterocycles. The molecular formula is C15H13N3O. The maximum Gasteiger partial charge on any atom is 0.330 e. The van der Waals surface area contributed by atoms with E-state index in [2.05, 4.69) is 5.32 Å². The van der Waals surface area contributed by atoms with Gasteiger partial charge in [-0.15, -0.1) is 0 Å². The van der Waals surface area contributed by atoms with Gasteiger partial charge in [0.2, 0.25) is 0 Å². The second kappa shape index (κ2) is 4.49. The molecule has 0 aliphatic rings. The summed E-state index contributed by atoms with van der Waals surface area (Å²) in [4.78, 5) is 12.2. The number of amides is 1. The summed E-state index contributed by atoms with van der Waals surface area (Å²) in [6.07, 6.45) is 1.74. The summed E-state index contributed by atoms with van der Waals surface area (Å²) >= 11 is 0. The molecule has 3 N–H and O–H groups in total. The van der Waals surface area contributed by atoms with E-state index in [1.807, 2.05) is 48.5 Å². The summed E-state index contributed by atoms with van der Waals surface area (Å²) < 4.78 is 1.57. The van der Waals surface area contributed by atoms with Gasteiger partial charge in [-0.25, -0.2) is 4.79 Å². The van der Waals surface area contributed by atoms with Gasteiger partial charge >= 0.3 is 6.03 Å². The van der Waals surface area contributed by atoms with Crippen molar-refractivity contribution < 1.29 is 4.79 Å². The fourth-order valence-electron chi connectivity index (χ4n) is 2.04. The molecule has 94 valence electrons. The predicted molar refractivity (Wildman–Crippen MR) is 77.2 cm³/mol. The van der Waals surface area contributed by atoms with Crippen LogP contribution in [0.1, 0.15) is 0 Å². The lowest BCUT2D eigenvalue weighted by Gasteiger charge is -2.07. The standard InChI is InChI=1S/C15H13N3O/c16-12-6-7-14-11(10-12)8-9-18(14)15(19)17-13-4-2-1-3-5-13/h1-10H,16H2,(H,17,19). The quantitative estimate of drug-likeness (QED) is 0.652. The smallest absolute Gasteiger partial charge is 0.330 e. The second-order valence-electron chi connectivity index (χ2n) is 4.30. The third-order valence-electron chi connectivity index (χ3n) is 2.96. The number of nitrogens with zero attached hydrogens (tertiary/aromatic N) is 1. The van der Waals surface area contributed by atoms with E-state index in [1.54, 1.807) is 16.8 Å². The van der Waals surface area contributed by atoms with Crippen molar-refractivity contribution in [1.29, 1.82) is 0 Å². The van der Waals surface area contributed by atoms with Crippen molar-refractivity contribution in [1.82, 2.24) is 4.57 Å². The van der Waals surface area contributed by atoms with E-state index in [0.29, 0.717) is 5.69 Å². The van der Waals surface area contributed by atoms with Crippen molar-refractivity contribution in [2.45, 2.75) is 0 Å². The van der Waals surface area contributed by atoms with Crippen molar-refractivity contribution in [2.75, 3.05) is 11.1 Å². The molecule has 0 unspecified atom stereocenters. The minimum absolute atomic E-state index is 0.189. The first-order chi connectivity index (χ1) is 9.24. The minimum Gasteiger partial charge on any atom is -0.399 e.